The van der Waals surface area contributed by atoms with Crippen molar-refractivity contribution in [3.05, 3.63) is 27.1 Å². The Morgan fingerprint density at radius 2 is 2.28 bits per heavy atom. The number of nitrogens with zero attached hydrogens (tertiary/aromatic N) is 1. The summed E-state index contributed by atoms with van der Waals surface area (Å²) in [6.45, 7) is 2.56. The second-order valence-electron chi connectivity index (χ2n) is 4.56. The molecule has 98 valence electrons. The van der Waals surface area contributed by atoms with Crippen molar-refractivity contribution in [2.75, 3.05) is 11.9 Å². The van der Waals surface area contributed by atoms with Crippen LogP contribution in [0.25, 0.3) is 0 Å². The third kappa shape index (κ3) is 2.64. The van der Waals surface area contributed by atoms with Crippen molar-refractivity contribution in [2.24, 2.45) is 13.0 Å². The van der Waals surface area contributed by atoms with Crippen molar-refractivity contribution in [3.63, 3.8) is 0 Å². The molecule has 1 fully saturated rings. The number of carbonyl (C=O) groups excluding carboxylic acids is 1. The predicted molar refractivity (Wildman–Crippen MR) is 71.5 cm³/mol. The number of aryl methyl sites for hydroxylation is 1. The number of halogens is 1. The zero-order valence-electron chi connectivity index (χ0n) is 10.3. The van der Waals surface area contributed by atoms with Crippen molar-refractivity contribution in [1.29, 1.82) is 0 Å². The van der Waals surface area contributed by atoms with Gasteiger partial charge < -0.3 is 14.6 Å². The van der Waals surface area contributed by atoms with Gasteiger partial charge in [0.25, 0.3) is 5.91 Å². The van der Waals surface area contributed by atoms with E-state index in [1.807, 2.05) is 6.92 Å². The topological polar surface area (TPSA) is 60.3 Å². The normalized spacial score (nSPS) is 23.1. The van der Waals surface area contributed by atoms with Gasteiger partial charge >= 0.3 is 0 Å². The minimum atomic E-state index is -0.464. The summed E-state index contributed by atoms with van der Waals surface area (Å²) < 4.78 is 7.49. The minimum absolute atomic E-state index is 0.181. The summed E-state index contributed by atoms with van der Waals surface area (Å²) in [5, 5.41) is 2.64. The van der Waals surface area contributed by atoms with Crippen LogP contribution in [0.3, 0.4) is 0 Å². The van der Waals surface area contributed by atoms with Gasteiger partial charge in [-0.25, -0.2) is 0 Å². The fourth-order valence-electron chi connectivity index (χ4n) is 1.99. The Kier molecular flexibility index (Phi) is 3.87. The summed E-state index contributed by atoms with van der Waals surface area (Å²) in [6, 6.07) is 0. The van der Waals surface area contributed by atoms with Crippen LogP contribution >= 0.6 is 15.9 Å². The zero-order valence-corrected chi connectivity index (χ0v) is 11.9. The fourth-order valence-corrected chi connectivity index (χ4v) is 2.53. The predicted octanol–water partition coefficient (Wildman–Crippen LogP) is 1.51. The molecule has 2 heterocycles. The van der Waals surface area contributed by atoms with E-state index in [1.54, 1.807) is 24.0 Å². The number of pyridine rings is 1. The van der Waals surface area contributed by atoms with Crippen LogP contribution in [-0.2, 0) is 16.6 Å². The summed E-state index contributed by atoms with van der Waals surface area (Å²) in [5.41, 5.74) is 0.0340. The Bertz CT molecular complexity index is 527. The lowest BCUT2D eigenvalue weighted by molar-refractivity contribution is -0.126. The lowest BCUT2D eigenvalue weighted by Crippen LogP contribution is -2.33. The molecule has 1 aliphatic heterocycles. The van der Waals surface area contributed by atoms with E-state index in [2.05, 4.69) is 21.2 Å². The molecule has 2 atom stereocenters. The third-order valence-corrected chi connectivity index (χ3v) is 3.58. The number of nitrogens with one attached hydrogen (secondary N) is 1. The van der Waals surface area contributed by atoms with Crippen LogP contribution in [0.15, 0.2) is 21.7 Å². The van der Waals surface area contributed by atoms with Gasteiger partial charge in [0.15, 0.2) is 0 Å². The highest BCUT2D eigenvalue weighted by Crippen LogP contribution is 2.21. The molecule has 0 aromatic carbocycles. The first-order chi connectivity index (χ1) is 8.49. The lowest BCUT2D eigenvalue weighted by Gasteiger charge is -2.14. The molecule has 1 aliphatic rings. The highest BCUT2D eigenvalue weighted by Gasteiger charge is 2.31. The smallest absolute Gasteiger partial charge is 0.253 e. The molecule has 0 bridgehead atoms. The van der Waals surface area contributed by atoms with Gasteiger partial charge in [-0.15, -0.1) is 0 Å². The van der Waals surface area contributed by atoms with Crippen LogP contribution in [0.4, 0.5) is 5.69 Å². The van der Waals surface area contributed by atoms with Gasteiger partial charge in [0.1, 0.15) is 11.8 Å². The Hall–Kier alpha value is -1.14. The molecular weight excluding hydrogens is 300 g/mol. The second kappa shape index (κ2) is 5.24. The molecule has 0 saturated carbocycles. The molecule has 1 saturated heterocycles. The number of rotatable bonds is 2. The number of anilines is 1. The molecule has 2 rings (SSSR count). The molecule has 1 amide bonds. The highest BCUT2D eigenvalue weighted by atomic mass is 79.9. The largest absolute Gasteiger partial charge is 0.368 e. The van der Waals surface area contributed by atoms with E-state index in [0.29, 0.717) is 11.1 Å². The number of hydrogen-bond donors (Lipinski definition) is 1. The fraction of sp³-hybridized carbons (Fsp3) is 0.500. The molecule has 0 spiro atoms. The quantitative estimate of drug-likeness (QED) is 0.900. The average Bonchev–Trinajstić information content (AvgIpc) is 2.71. The van der Waals surface area contributed by atoms with Gasteiger partial charge in [0, 0.05) is 26.0 Å². The molecule has 5 nitrogen and oxygen atoms in total. The van der Waals surface area contributed by atoms with Crippen LogP contribution in [0.5, 0.6) is 0 Å². The second-order valence-corrected chi connectivity index (χ2v) is 5.42. The van der Waals surface area contributed by atoms with Crippen LogP contribution in [-0.4, -0.2) is 23.2 Å². The van der Waals surface area contributed by atoms with Crippen LogP contribution in [0.2, 0.25) is 0 Å². The molecule has 1 N–H and O–H groups in total. The zero-order chi connectivity index (χ0) is 13.3. The van der Waals surface area contributed by atoms with E-state index in [9.17, 15) is 9.59 Å². The van der Waals surface area contributed by atoms with E-state index in [4.69, 9.17) is 4.74 Å². The Labute approximate surface area is 113 Å². The van der Waals surface area contributed by atoms with Gasteiger partial charge in [-0.2, -0.15) is 0 Å². The maximum atomic E-state index is 12.0. The maximum absolute atomic E-state index is 12.0. The number of carbonyl (C=O) groups is 1. The number of amides is 1. The summed E-state index contributed by atoms with van der Waals surface area (Å²) in [4.78, 5) is 23.8. The molecule has 0 radical (unpaired) electrons. The monoisotopic (exact) mass is 314 g/mol. The molecule has 0 aliphatic carbocycles. The van der Waals surface area contributed by atoms with Crippen molar-refractivity contribution >= 4 is 27.5 Å². The van der Waals surface area contributed by atoms with Gasteiger partial charge in [-0.1, -0.05) is 6.92 Å². The molecule has 1 aromatic heterocycles. The number of hydrogen-bond acceptors (Lipinski definition) is 3. The molecular formula is C12H15BrN2O3. The van der Waals surface area contributed by atoms with Gasteiger partial charge in [-0.3, -0.25) is 9.59 Å². The standard InChI is InChI=1S/C12H15BrN2O3/c1-7-3-4-18-11(7)12(17)14-9-6-15(2)5-8(13)10(9)16/h5-7,11H,3-4H2,1-2H3,(H,14,17)/t7-,11-/m1/s1. The SMILES string of the molecule is C[C@@H]1CCO[C@H]1C(=O)Nc1cn(C)cc(Br)c1=O. The summed E-state index contributed by atoms with van der Waals surface area (Å²) in [5.74, 6) is -0.0730. The van der Waals surface area contributed by atoms with Crippen molar-refractivity contribution in [3.8, 4) is 0 Å². The minimum Gasteiger partial charge on any atom is -0.368 e. The number of ether oxygens (including phenoxy) is 1. The third-order valence-electron chi connectivity index (χ3n) is 3.01. The summed E-state index contributed by atoms with van der Waals surface area (Å²) in [6.07, 6.45) is 3.64. The lowest BCUT2D eigenvalue weighted by atomic mass is 10.0. The molecule has 1 aromatic rings. The number of aromatic nitrogens is 1. The van der Waals surface area contributed by atoms with E-state index < -0.39 is 6.10 Å². The Morgan fingerprint density at radius 3 is 2.89 bits per heavy atom. The Morgan fingerprint density at radius 1 is 1.56 bits per heavy atom. The molecule has 0 unspecified atom stereocenters. The summed E-state index contributed by atoms with van der Waals surface area (Å²) in [7, 11) is 1.79. The van der Waals surface area contributed by atoms with E-state index in [1.165, 1.54) is 0 Å². The van der Waals surface area contributed by atoms with Crippen molar-refractivity contribution in [2.45, 2.75) is 19.4 Å². The molecule has 6 heteroatoms. The first-order valence-corrected chi connectivity index (χ1v) is 6.56. The van der Waals surface area contributed by atoms with E-state index in [-0.39, 0.29) is 22.9 Å². The molecule has 18 heavy (non-hydrogen) atoms. The first-order valence-electron chi connectivity index (χ1n) is 5.77. The van der Waals surface area contributed by atoms with Crippen LogP contribution < -0.4 is 10.7 Å². The van der Waals surface area contributed by atoms with Crippen molar-refractivity contribution < 1.29 is 9.53 Å². The maximum Gasteiger partial charge on any atom is 0.253 e. The highest BCUT2D eigenvalue weighted by molar-refractivity contribution is 9.10. The van der Waals surface area contributed by atoms with Gasteiger partial charge in [0.05, 0.1) is 4.47 Å². The van der Waals surface area contributed by atoms with Crippen molar-refractivity contribution in [1.82, 2.24) is 4.57 Å². The average molecular weight is 315 g/mol. The van der Waals surface area contributed by atoms with Crippen LogP contribution in [0, 0.1) is 5.92 Å². The summed E-state index contributed by atoms with van der Waals surface area (Å²) >= 11 is 3.17. The van der Waals surface area contributed by atoms with Crippen LogP contribution in [0.1, 0.15) is 13.3 Å². The van der Waals surface area contributed by atoms with Gasteiger partial charge in [-0.05, 0) is 28.3 Å². The van der Waals surface area contributed by atoms with Gasteiger partial charge in [0.2, 0.25) is 5.43 Å². The van der Waals surface area contributed by atoms with E-state index >= 15 is 0 Å². The Balaban J connectivity index is 2.19. The van der Waals surface area contributed by atoms with E-state index in [0.717, 1.165) is 6.42 Å². The first kappa shape index (κ1) is 13.3.